The molecule has 1 aromatic rings. The third kappa shape index (κ3) is 2.56. The van der Waals surface area contributed by atoms with Crippen LogP contribution >= 0.6 is 0 Å². The van der Waals surface area contributed by atoms with Gasteiger partial charge in [0.1, 0.15) is 5.69 Å². The molecule has 1 amide bonds. The van der Waals surface area contributed by atoms with Gasteiger partial charge in [0.25, 0.3) is 5.91 Å². The van der Waals surface area contributed by atoms with Gasteiger partial charge in [-0.1, -0.05) is 0 Å². The molecule has 0 aromatic carbocycles. The van der Waals surface area contributed by atoms with Gasteiger partial charge >= 0.3 is 5.97 Å². The predicted molar refractivity (Wildman–Crippen MR) is 73.2 cm³/mol. The maximum Gasteiger partial charge on any atom is 0.352 e. The molecule has 2 rings (SSSR count). The summed E-state index contributed by atoms with van der Waals surface area (Å²) in [6.07, 6.45) is 1.91. The number of hydrogen-bond acceptors (Lipinski definition) is 3. The molecule has 0 radical (unpaired) electrons. The van der Waals surface area contributed by atoms with Gasteiger partial charge in [-0.25, -0.2) is 4.79 Å². The molecule has 1 fully saturated rings. The van der Waals surface area contributed by atoms with Gasteiger partial charge < -0.3 is 19.7 Å². The topological polar surface area (TPSA) is 82.6 Å². The highest BCUT2D eigenvalue weighted by Gasteiger charge is 2.28. The molecule has 6 nitrogen and oxygen atoms in total. The summed E-state index contributed by atoms with van der Waals surface area (Å²) in [4.78, 5) is 28.2. The van der Waals surface area contributed by atoms with Crippen molar-refractivity contribution in [2.24, 2.45) is 0 Å². The Bertz CT molecular complexity index is 536. The normalized spacial score (nSPS) is 19.1. The van der Waals surface area contributed by atoms with Crippen molar-refractivity contribution < 1.29 is 19.4 Å². The lowest BCUT2D eigenvalue weighted by molar-refractivity contribution is 0.0268. The Hall–Kier alpha value is -1.82. The van der Waals surface area contributed by atoms with E-state index in [9.17, 15) is 9.59 Å². The standard InChI is InChI=1S/C14H20N2O4/c1-8-11(9(2)15-12(8)14(18)19)13(17)16-6-4-5-10(7-16)20-3/h10,15H,4-7H2,1-3H3,(H,18,19). The highest BCUT2D eigenvalue weighted by molar-refractivity contribution is 6.00. The zero-order chi connectivity index (χ0) is 14.9. The summed E-state index contributed by atoms with van der Waals surface area (Å²) in [5, 5.41) is 9.10. The fourth-order valence-electron chi connectivity index (χ4n) is 2.76. The van der Waals surface area contributed by atoms with Crippen molar-refractivity contribution in [1.29, 1.82) is 0 Å². The molecule has 110 valence electrons. The molecular weight excluding hydrogens is 260 g/mol. The van der Waals surface area contributed by atoms with E-state index in [0.717, 1.165) is 12.8 Å². The van der Waals surface area contributed by atoms with E-state index >= 15 is 0 Å². The van der Waals surface area contributed by atoms with Gasteiger partial charge in [0.2, 0.25) is 0 Å². The highest BCUT2D eigenvalue weighted by Crippen LogP contribution is 2.22. The first kappa shape index (κ1) is 14.6. The minimum absolute atomic E-state index is 0.0613. The molecule has 0 bridgehead atoms. The number of aromatic carboxylic acids is 1. The molecule has 1 aliphatic rings. The number of carbonyl (C=O) groups is 2. The van der Waals surface area contributed by atoms with Gasteiger partial charge in [-0.15, -0.1) is 0 Å². The van der Waals surface area contributed by atoms with Crippen molar-refractivity contribution in [3.8, 4) is 0 Å². The number of carboxylic acids is 1. The van der Waals surface area contributed by atoms with Gasteiger partial charge in [0.15, 0.2) is 0 Å². The number of methoxy groups -OCH3 is 1. The van der Waals surface area contributed by atoms with Crippen molar-refractivity contribution in [3.05, 3.63) is 22.5 Å². The van der Waals surface area contributed by atoms with Crippen LogP contribution in [-0.2, 0) is 4.74 Å². The first-order valence-corrected chi connectivity index (χ1v) is 6.70. The Morgan fingerprint density at radius 1 is 1.40 bits per heavy atom. The van der Waals surface area contributed by atoms with Crippen molar-refractivity contribution in [1.82, 2.24) is 9.88 Å². The number of aromatic nitrogens is 1. The fourth-order valence-corrected chi connectivity index (χ4v) is 2.76. The van der Waals surface area contributed by atoms with Crippen LogP contribution in [0.1, 0.15) is 44.9 Å². The molecule has 1 atom stereocenters. The van der Waals surface area contributed by atoms with Crippen LogP contribution in [0.4, 0.5) is 0 Å². The number of piperidine rings is 1. The number of nitrogens with zero attached hydrogens (tertiary/aromatic N) is 1. The molecule has 1 aromatic heterocycles. The summed E-state index contributed by atoms with van der Waals surface area (Å²) in [6, 6.07) is 0. The van der Waals surface area contributed by atoms with Crippen LogP contribution in [0.15, 0.2) is 0 Å². The van der Waals surface area contributed by atoms with E-state index in [0.29, 0.717) is 29.9 Å². The van der Waals surface area contributed by atoms with Crippen molar-refractivity contribution in [2.75, 3.05) is 20.2 Å². The predicted octanol–water partition coefficient (Wildman–Crippen LogP) is 1.58. The summed E-state index contributed by atoms with van der Waals surface area (Å²) >= 11 is 0. The minimum Gasteiger partial charge on any atom is -0.477 e. The second-order valence-electron chi connectivity index (χ2n) is 5.18. The largest absolute Gasteiger partial charge is 0.477 e. The lowest BCUT2D eigenvalue weighted by Gasteiger charge is -2.32. The van der Waals surface area contributed by atoms with Crippen LogP contribution in [0.5, 0.6) is 0 Å². The number of rotatable bonds is 3. The number of aromatic amines is 1. The van der Waals surface area contributed by atoms with Gasteiger partial charge in [-0.05, 0) is 32.3 Å². The molecule has 2 heterocycles. The third-order valence-corrected chi connectivity index (χ3v) is 3.86. The SMILES string of the molecule is COC1CCCN(C(=O)c2c(C)[nH]c(C(=O)O)c2C)C1. The van der Waals surface area contributed by atoms with Gasteiger partial charge in [0.05, 0.1) is 11.7 Å². The number of nitrogens with one attached hydrogen (secondary N) is 1. The summed E-state index contributed by atoms with van der Waals surface area (Å²) in [7, 11) is 1.65. The van der Waals surface area contributed by atoms with E-state index in [1.807, 2.05) is 0 Å². The number of hydrogen-bond donors (Lipinski definition) is 2. The maximum atomic E-state index is 12.6. The number of H-pyrrole nitrogens is 1. The maximum absolute atomic E-state index is 12.6. The number of carbonyl (C=O) groups excluding carboxylic acids is 1. The minimum atomic E-state index is -1.04. The Morgan fingerprint density at radius 3 is 2.65 bits per heavy atom. The molecule has 20 heavy (non-hydrogen) atoms. The molecule has 0 aliphatic carbocycles. The van der Waals surface area contributed by atoms with Crippen LogP contribution in [0, 0.1) is 13.8 Å². The quantitative estimate of drug-likeness (QED) is 0.880. The number of ether oxygens (including phenoxy) is 1. The number of likely N-dealkylation sites (tertiary alicyclic amines) is 1. The van der Waals surface area contributed by atoms with Crippen LogP contribution in [0.2, 0.25) is 0 Å². The number of amides is 1. The Labute approximate surface area is 117 Å². The zero-order valence-corrected chi connectivity index (χ0v) is 12.0. The molecule has 1 unspecified atom stereocenters. The molecule has 1 aliphatic heterocycles. The second-order valence-corrected chi connectivity index (χ2v) is 5.18. The van der Waals surface area contributed by atoms with E-state index in [1.165, 1.54) is 0 Å². The summed E-state index contributed by atoms with van der Waals surface area (Å²) in [5.74, 6) is -1.16. The lowest BCUT2D eigenvalue weighted by Crippen LogP contribution is -2.43. The van der Waals surface area contributed by atoms with Crippen molar-refractivity contribution >= 4 is 11.9 Å². The van der Waals surface area contributed by atoms with Crippen LogP contribution in [0.3, 0.4) is 0 Å². The monoisotopic (exact) mass is 280 g/mol. The molecule has 0 saturated carbocycles. The van der Waals surface area contributed by atoms with E-state index < -0.39 is 5.97 Å². The Kier molecular flexibility index (Phi) is 4.13. The highest BCUT2D eigenvalue weighted by atomic mass is 16.5. The average Bonchev–Trinajstić information content (AvgIpc) is 2.73. The number of carboxylic acid groups (broad SMARTS) is 1. The zero-order valence-electron chi connectivity index (χ0n) is 12.0. The first-order chi connectivity index (χ1) is 9.45. The fraction of sp³-hybridized carbons (Fsp3) is 0.571. The van der Waals surface area contributed by atoms with E-state index in [2.05, 4.69) is 4.98 Å². The van der Waals surface area contributed by atoms with E-state index in [1.54, 1.807) is 25.9 Å². The van der Waals surface area contributed by atoms with E-state index in [4.69, 9.17) is 9.84 Å². The average molecular weight is 280 g/mol. The Balaban J connectivity index is 2.27. The number of aryl methyl sites for hydroxylation is 1. The lowest BCUT2D eigenvalue weighted by atomic mass is 10.0. The van der Waals surface area contributed by atoms with Crippen LogP contribution in [-0.4, -0.2) is 53.2 Å². The smallest absolute Gasteiger partial charge is 0.352 e. The third-order valence-electron chi connectivity index (χ3n) is 3.86. The van der Waals surface area contributed by atoms with Gasteiger partial charge in [-0.3, -0.25) is 4.79 Å². The Morgan fingerprint density at radius 2 is 2.10 bits per heavy atom. The van der Waals surface area contributed by atoms with E-state index in [-0.39, 0.29) is 17.7 Å². The van der Waals surface area contributed by atoms with Crippen LogP contribution in [0.25, 0.3) is 0 Å². The molecule has 2 N–H and O–H groups in total. The summed E-state index contributed by atoms with van der Waals surface area (Å²) in [5.41, 5.74) is 1.66. The molecule has 0 spiro atoms. The molecule has 1 saturated heterocycles. The summed E-state index contributed by atoms with van der Waals surface area (Å²) < 4.78 is 5.32. The first-order valence-electron chi connectivity index (χ1n) is 6.70. The van der Waals surface area contributed by atoms with Crippen molar-refractivity contribution in [2.45, 2.75) is 32.8 Å². The van der Waals surface area contributed by atoms with Gasteiger partial charge in [-0.2, -0.15) is 0 Å². The molecule has 6 heteroatoms. The summed E-state index contributed by atoms with van der Waals surface area (Å²) in [6.45, 7) is 4.63. The van der Waals surface area contributed by atoms with Crippen molar-refractivity contribution in [3.63, 3.8) is 0 Å². The van der Waals surface area contributed by atoms with Gasteiger partial charge in [0, 0.05) is 25.9 Å². The molecular formula is C14H20N2O4. The van der Waals surface area contributed by atoms with Crippen LogP contribution < -0.4 is 0 Å². The second kappa shape index (κ2) is 5.66.